The van der Waals surface area contributed by atoms with Crippen LogP contribution in [0.3, 0.4) is 0 Å². The number of carbonyl (C=O) groups is 2. The Kier molecular flexibility index (Phi) is 7.05. The standard InChI is InChI=1S/C25H32N4O3/c1-27-14-15-29(22(17-27)19-8-4-2-5-9-19)24(31)18-28-16-20(12-13-23(28)30)25(32)26-21-10-6-3-7-11-21/h2,4-5,8-9,12-13,16,21-22H,3,6-7,10-11,14-15,17-18H2,1H3,(H,26,32)/t22-/m1/s1. The Morgan fingerprint density at radius 3 is 2.50 bits per heavy atom. The summed E-state index contributed by atoms with van der Waals surface area (Å²) in [5, 5.41) is 3.08. The predicted molar refractivity (Wildman–Crippen MR) is 123 cm³/mol. The lowest BCUT2D eigenvalue weighted by atomic mass is 9.95. The maximum Gasteiger partial charge on any atom is 0.252 e. The number of pyridine rings is 1. The van der Waals surface area contributed by atoms with Crippen LogP contribution in [0.2, 0.25) is 0 Å². The van der Waals surface area contributed by atoms with E-state index in [0.29, 0.717) is 12.1 Å². The topological polar surface area (TPSA) is 74.7 Å². The smallest absolute Gasteiger partial charge is 0.252 e. The van der Waals surface area contributed by atoms with Crippen molar-refractivity contribution in [3.05, 3.63) is 70.1 Å². The van der Waals surface area contributed by atoms with Crippen molar-refractivity contribution in [1.29, 1.82) is 0 Å². The fraction of sp³-hybridized carbons (Fsp3) is 0.480. The summed E-state index contributed by atoms with van der Waals surface area (Å²) in [6, 6.07) is 13.0. The molecule has 1 N–H and O–H groups in total. The molecule has 2 aromatic rings. The largest absolute Gasteiger partial charge is 0.349 e. The third-order valence-electron chi connectivity index (χ3n) is 6.58. The minimum Gasteiger partial charge on any atom is -0.349 e. The second-order valence-corrected chi connectivity index (χ2v) is 8.97. The summed E-state index contributed by atoms with van der Waals surface area (Å²) in [6.07, 6.45) is 6.99. The Balaban J connectivity index is 1.48. The monoisotopic (exact) mass is 436 g/mol. The summed E-state index contributed by atoms with van der Waals surface area (Å²) >= 11 is 0. The van der Waals surface area contributed by atoms with E-state index in [9.17, 15) is 14.4 Å². The summed E-state index contributed by atoms with van der Waals surface area (Å²) in [5.74, 6) is -0.293. The zero-order valence-corrected chi connectivity index (χ0v) is 18.7. The van der Waals surface area contributed by atoms with Gasteiger partial charge in [-0.25, -0.2) is 0 Å². The molecule has 2 fully saturated rings. The third kappa shape index (κ3) is 5.27. The maximum atomic E-state index is 13.3. The molecule has 7 nitrogen and oxygen atoms in total. The van der Waals surface area contributed by atoms with Crippen LogP contribution in [-0.2, 0) is 11.3 Å². The minimum absolute atomic E-state index is 0.0593. The van der Waals surface area contributed by atoms with Crippen molar-refractivity contribution >= 4 is 11.8 Å². The number of amides is 2. The number of nitrogens with zero attached hydrogens (tertiary/aromatic N) is 3. The number of aromatic nitrogens is 1. The number of carbonyl (C=O) groups excluding carboxylic acids is 2. The van der Waals surface area contributed by atoms with Gasteiger partial charge < -0.3 is 19.7 Å². The Morgan fingerprint density at radius 1 is 1.00 bits per heavy atom. The van der Waals surface area contributed by atoms with Crippen LogP contribution >= 0.6 is 0 Å². The average molecular weight is 437 g/mol. The van der Waals surface area contributed by atoms with Gasteiger partial charge in [-0.1, -0.05) is 49.6 Å². The van der Waals surface area contributed by atoms with Crippen LogP contribution in [0.15, 0.2) is 53.5 Å². The molecule has 4 rings (SSSR count). The summed E-state index contributed by atoms with van der Waals surface area (Å²) < 4.78 is 1.36. The zero-order chi connectivity index (χ0) is 22.5. The average Bonchev–Trinajstić information content (AvgIpc) is 2.81. The normalized spacial score (nSPS) is 20.2. The van der Waals surface area contributed by atoms with E-state index in [4.69, 9.17) is 0 Å². The maximum absolute atomic E-state index is 13.3. The van der Waals surface area contributed by atoms with Gasteiger partial charge in [0.25, 0.3) is 11.5 Å². The highest BCUT2D eigenvalue weighted by Crippen LogP contribution is 2.25. The van der Waals surface area contributed by atoms with Crippen LogP contribution in [0, 0.1) is 0 Å². The number of piperazine rings is 1. The van der Waals surface area contributed by atoms with Crippen LogP contribution in [0.5, 0.6) is 0 Å². The van der Waals surface area contributed by atoms with Gasteiger partial charge in [0.1, 0.15) is 6.54 Å². The van der Waals surface area contributed by atoms with Crippen LogP contribution in [0.1, 0.15) is 54.1 Å². The van der Waals surface area contributed by atoms with Gasteiger partial charge in [-0.3, -0.25) is 14.4 Å². The second-order valence-electron chi connectivity index (χ2n) is 8.97. The molecule has 0 unspecified atom stereocenters. The van der Waals surface area contributed by atoms with E-state index in [2.05, 4.69) is 17.3 Å². The van der Waals surface area contributed by atoms with E-state index in [1.165, 1.54) is 23.3 Å². The van der Waals surface area contributed by atoms with Gasteiger partial charge in [0.2, 0.25) is 5.91 Å². The fourth-order valence-corrected chi connectivity index (χ4v) is 4.72. The molecule has 32 heavy (non-hydrogen) atoms. The van der Waals surface area contributed by atoms with Gasteiger partial charge in [0, 0.05) is 37.9 Å². The first-order chi connectivity index (χ1) is 15.5. The van der Waals surface area contributed by atoms with Crippen LogP contribution in [-0.4, -0.2) is 58.9 Å². The summed E-state index contributed by atoms with van der Waals surface area (Å²) in [6.45, 7) is 2.06. The van der Waals surface area contributed by atoms with Crippen molar-refractivity contribution in [2.45, 2.75) is 50.7 Å². The second kappa shape index (κ2) is 10.1. The van der Waals surface area contributed by atoms with E-state index < -0.39 is 0 Å². The Labute approximate surface area is 189 Å². The van der Waals surface area contributed by atoms with Crippen molar-refractivity contribution in [2.24, 2.45) is 0 Å². The minimum atomic E-state index is -0.280. The Hall–Kier alpha value is -2.93. The third-order valence-corrected chi connectivity index (χ3v) is 6.58. The fourth-order valence-electron chi connectivity index (χ4n) is 4.72. The number of nitrogens with one attached hydrogen (secondary N) is 1. The SMILES string of the molecule is CN1CCN(C(=O)Cn2cc(C(=O)NC3CCCCC3)ccc2=O)[C@@H](c2ccccc2)C1. The molecule has 1 saturated heterocycles. The zero-order valence-electron chi connectivity index (χ0n) is 18.7. The number of hydrogen-bond donors (Lipinski definition) is 1. The molecule has 1 saturated carbocycles. The molecule has 1 atom stereocenters. The van der Waals surface area contributed by atoms with Gasteiger partial charge >= 0.3 is 0 Å². The van der Waals surface area contributed by atoms with Crippen LogP contribution in [0.4, 0.5) is 0 Å². The number of likely N-dealkylation sites (N-methyl/N-ethyl adjacent to an activating group) is 1. The molecule has 1 aliphatic heterocycles. The highest BCUT2D eigenvalue weighted by Gasteiger charge is 2.30. The molecule has 0 bridgehead atoms. The summed E-state index contributed by atoms with van der Waals surface area (Å²) in [5.41, 5.74) is 1.22. The summed E-state index contributed by atoms with van der Waals surface area (Å²) in [7, 11) is 2.05. The van der Waals surface area contributed by atoms with Gasteiger partial charge in [-0.15, -0.1) is 0 Å². The van der Waals surface area contributed by atoms with E-state index in [1.807, 2.05) is 35.2 Å². The number of hydrogen-bond acceptors (Lipinski definition) is 4. The highest BCUT2D eigenvalue weighted by molar-refractivity contribution is 5.94. The predicted octanol–water partition coefficient (Wildman–Crippen LogP) is 2.43. The van der Waals surface area contributed by atoms with Gasteiger partial charge in [-0.2, -0.15) is 0 Å². The van der Waals surface area contributed by atoms with Crippen LogP contribution in [0.25, 0.3) is 0 Å². The Morgan fingerprint density at radius 2 is 1.75 bits per heavy atom. The first-order valence-corrected chi connectivity index (χ1v) is 11.6. The van der Waals surface area contributed by atoms with E-state index >= 15 is 0 Å². The van der Waals surface area contributed by atoms with Crippen molar-refractivity contribution < 1.29 is 9.59 Å². The Bertz CT molecular complexity index is 998. The molecule has 2 heterocycles. The molecule has 1 aromatic carbocycles. The van der Waals surface area contributed by atoms with E-state index in [1.54, 1.807) is 6.07 Å². The van der Waals surface area contributed by atoms with Crippen molar-refractivity contribution in [3.63, 3.8) is 0 Å². The number of benzene rings is 1. The van der Waals surface area contributed by atoms with Crippen molar-refractivity contribution in [2.75, 3.05) is 26.7 Å². The molecule has 0 radical (unpaired) electrons. The molecule has 170 valence electrons. The van der Waals surface area contributed by atoms with E-state index in [-0.39, 0.29) is 36.0 Å². The molecule has 0 spiro atoms. The van der Waals surface area contributed by atoms with Gasteiger partial charge in [0.15, 0.2) is 0 Å². The first kappa shape index (κ1) is 22.3. The lowest BCUT2D eigenvalue weighted by Crippen LogP contribution is -2.50. The lowest BCUT2D eigenvalue weighted by Gasteiger charge is -2.40. The van der Waals surface area contributed by atoms with Crippen molar-refractivity contribution in [3.8, 4) is 0 Å². The van der Waals surface area contributed by atoms with Crippen molar-refractivity contribution in [1.82, 2.24) is 19.7 Å². The van der Waals surface area contributed by atoms with Crippen LogP contribution < -0.4 is 10.9 Å². The van der Waals surface area contributed by atoms with Gasteiger partial charge in [-0.05, 0) is 31.5 Å². The quantitative estimate of drug-likeness (QED) is 0.781. The number of rotatable bonds is 5. The lowest BCUT2D eigenvalue weighted by molar-refractivity contribution is -0.136. The van der Waals surface area contributed by atoms with E-state index in [0.717, 1.165) is 44.3 Å². The highest BCUT2D eigenvalue weighted by atomic mass is 16.2. The molecule has 1 aliphatic carbocycles. The molecule has 1 aromatic heterocycles. The summed E-state index contributed by atoms with van der Waals surface area (Å²) in [4.78, 5) is 42.5. The molecule has 7 heteroatoms. The molecular formula is C25H32N4O3. The van der Waals surface area contributed by atoms with Gasteiger partial charge in [0.05, 0.1) is 11.6 Å². The first-order valence-electron chi connectivity index (χ1n) is 11.6. The molecular weight excluding hydrogens is 404 g/mol. The molecule has 2 aliphatic rings. The molecule has 2 amide bonds.